The summed E-state index contributed by atoms with van der Waals surface area (Å²) in [6.07, 6.45) is 6.19. The molecule has 0 aliphatic heterocycles. The molecule has 112 valence electrons. The van der Waals surface area contributed by atoms with Gasteiger partial charge in [-0.25, -0.2) is 0 Å². The third-order valence-corrected chi connectivity index (χ3v) is 3.37. The first-order chi connectivity index (χ1) is 9.99. The van der Waals surface area contributed by atoms with Crippen LogP contribution in [0.5, 0.6) is 0 Å². The van der Waals surface area contributed by atoms with E-state index in [4.69, 9.17) is 23.2 Å². The Hall–Kier alpha value is -1.71. The highest BCUT2D eigenvalue weighted by atomic mass is 35.5. The van der Waals surface area contributed by atoms with Gasteiger partial charge in [0.25, 0.3) is 5.91 Å². The number of rotatable bonds is 6. The molecule has 0 unspecified atom stereocenters. The van der Waals surface area contributed by atoms with Gasteiger partial charge in [0.1, 0.15) is 0 Å². The number of amides is 1. The van der Waals surface area contributed by atoms with Crippen molar-refractivity contribution in [3.05, 3.63) is 64.2 Å². The van der Waals surface area contributed by atoms with Gasteiger partial charge in [-0.3, -0.25) is 15.6 Å². The van der Waals surface area contributed by atoms with Gasteiger partial charge < -0.3 is 0 Å². The van der Waals surface area contributed by atoms with Gasteiger partial charge in [-0.2, -0.15) is 0 Å². The molecule has 1 aromatic carbocycles. The average Bonchev–Trinajstić information content (AvgIpc) is 2.47. The molecule has 0 spiro atoms. The number of carbonyl (C=O) groups excluding carboxylic acids is 1. The molecule has 5 heteroatoms. The second kappa shape index (κ2) is 8.55. The first-order valence-electron chi connectivity index (χ1n) is 6.53. The molecule has 2 N–H and O–H groups in total. The lowest BCUT2D eigenvalue weighted by molar-refractivity contribution is -0.117. The van der Waals surface area contributed by atoms with Crippen LogP contribution in [-0.2, 0) is 4.79 Å². The number of allylic oxidation sites excluding steroid dienone is 2. The zero-order chi connectivity index (χ0) is 15.8. The SMILES string of the molecule is C=C(NNC(=O)C(/C=C\C)=C/CC)c1ccc(Cl)c(Cl)c1. The van der Waals surface area contributed by atoms with Gasteiger partial charge in [0.2, 0.25) is 0 Å². The smallest absolute Gasteiger partial charge is 0.269 e. The molecular formula is C16H18Cl2N2O. The van der Waals surface area contributed by atoms with Crippen molar-refractivity contribution in [3.63, 3.8) is 0 Å². The van der Waals surface area contributed by atoms with Gasteiger partial charge in [-0.15, -0.1) is 0 Å². The van der Waals surface area contributed by atoms with Gasteiger partial charge in [0, 0.05) is 11.1 Å². The maximum Gasteiger partial charge on any atom is 0.269 e. The highest BCUT2D eigenvalue weighted by Crippen LogP contribution is 2.24. The predicted octanol–water partition coefficient (Wildman–Crippen LogP) is 4.50. The second-order valence-corrected chi connectivity index (χ2v) is 5.07. The van der Waals surface area contributed by atoms with E-state index in [1.807, 2.05) is 26.0 Å². The third-order valence-electron chi connectivity index (χ3n) is 2.63. The van der Waals surface area contributed by atoms with E-state index in [0.717, 1.165) is 12.0 Å². The molecule has 0 saturated carbocycles. The largest absolute Gasteiger partial charge is 0.298 e. The molecule has 0 aliphatic rings. The molecule has 0 fully saturated rings. The van der Waals surface area contributed by atoms with E-state index in [9.17, 15) is 4.79 Å². The lowest BCUT2D eigenvalue weighted by Crippen LogP contribution is -2.36. The quantitative estimate of drug-likeness (QED) is 0.459. The number of nitrogens with one attached hydrogen (secondary N) is 2. The van der Waals surface area contributed by atoms with E-state index >= 15 is 0 Å². The average molecular weight is 325 g/mol. The first kappa shape index (κ1) is 17.3. The van der Waals surface area contributed by atoms with Gasteiger partial charge in [-0.05, 0) is 25.5 Å². The zero-order valence-corrected chi connectivity index (χ0v) is 13.6. The van der Waals surface area contributed by atoms with E-state index in [1.54, 1.807) is 24.3 Å². The number of hydrazine groups is 1. The molecule has 0 bridgehead atoms. The monoisotopic (exact) mass is 324 g/mol. The van der Waals surface area contributed by atoms with Crippen LogP contribution in [0.4, 0.5) is 0 Å². The van der Waals surface area contributed by atoms with E-state index < -0.39 is 0 Å². The number of hydrogen-bond donors (Lipinski definition) is 2. The van der Waals surface area contributed by atoms with Gasteiger partial charge in [0.05, 0.1) is 15.7 Å². The van der Waals surface area contributed by atoms with Crippen molar-refractivity contribution in [1.82, 2.24) is 10.9 Å². The summed E-state index contributed by atoms with van der Waals surface area (Å²) in [5.74, 6) is -0.226. The fraction of sp³-hybridized carbons (Fsp3) is 0.188. The topological polar surface area (TPSA) is 41.1 Å². The molecule has 0 heterocycles. The fourth-order valence-corrected chi connectivity index (χ4v) is 1.89. The summed E-state index contributed by atoms with van der Waals surface area (Å²) in [6, 6.07) is 5.13. The van der Waals surface area contributed by atoms with Crippen LogP contribution in [0.1, 0.15) is 25.8 Å². The Kier molecular flexibility index (Phi) is 7.06. The molecular weight excluding hydrogens is 307 g/mol. The summed E-state index contributed by atoms with van der Waals surface area (Å²) in [7, 11) is 0. The maximum absolute atomic E-state index is 12.0. The van der Waals surface area contributed by atoms with E-state index in [2.05, 4.69) is 17.4 Å². The Balaban J connectivity index is 2.69. The van der Waals surface area contributed by atoms with Crippen molar-refractivity contribution < 1.29 is 4.79 Å². The third kappa shape index (κ3) is 5.29. The molecule has 1 amide bonds. The van der Waals surface area contributed by atoms with Gasteiger partial charge in [-0.1, -0.05) is 61.0 Å². The molecule has 0 radical (unpaired) electrons. The minimum absolute atomic E-state index is 0.226. The van der Waals surface area contributed by atoms with E-state index in [-0.39, 0.29) is 5.91 Å². The van der Waals surface area contributed by atoms with Crippen molar-refractivity contribution in [1.29, 1.82) is 0 Å². The number of hydrogen-bond acceptors (Lipinski definition) is 2. The Morgan fingerprint density at radius 2 is 2.00 bits per heavy atom. The van der Waals surface area contributed by atoms with Crippen LogP contribution in [0.2, 0.25) is 10.0 Å². The number of halogens is 2. The molecule has 1 rings (SSSR count). The Labute approximate surface area is 135 Å². The summed E-state index contributed by atoms with van der Waals surface area (Å²) in [5, 5.41) is 0.905. The van der Waals surface area contributed by atoms with Crippen molar-refractivity contribution in [2.45, 2.75) is 20.3 Å². The van der Waals surface area contributed by atoms with E-state index in [0.29, 0.717) is 21.3 Å². The van der Waals surface area contributed by atoms with Crippen LogP contribution in [0, 0.1) is 0 Å². The summed E-state index contributed by atoms with van der Waals surface area (Å²) in [5.41, 5.74) is 7.24. The minimum atomic E-state index is -0.226. The van der Waals surface area contributed by atoms with Gasteiger partial charge in [0.15, 0.2) is 0 Å². The van der Waals surface area contributed by atoms with Crippen molar-refractivity contribution in [2.24, 2.45) is 0 Å². The Morgan fingerprint density at radius 3 is 2.57 bits per heavy atom. The van der Waals surface area contributed by atoms with E-state index in [1.165, 1.54) is 0 Å². The summed E-state index contributed by atoms with van der Waals surface area (Å²) < 4.78 is 0. The van der Waals surface area contributed by atoms with Gasteiger partial charge >= 0.3 is 0 Å². The number of carbonyl (C=O) groups is 1. The molecule has 3 nitrogen and oxygen atoms in total. The molecule has 21 heavy (non-hydrogen) atoms. The fourth-order valence-electron chi connectivity index (χ4n) is 1.60. The Bertz CT molecular complexity index is 592. The number of benzene rings is 1. The van der Waals surface area contributed by atoms with Crippen LogP contribution >= 0.6 is 23.2 Å². The minimum Gasteiger partial charge on any atom is -0.298 e. The van der Waals surface area contributed by atoms with Crippen LogP contribution in [0.25, 0.3) is 5.70 Å². The molecule has 1 aromatic rings. The highest BCUT2D eigenvalue weighted by Gasteiger charge is 2.07. The zero-order valence-electron chi connectivity index (χ0n) is 12.0. The summed E-state index contributed by atoms with van der Waals surface area (Å²) >= 11 is 11.8. The molecule has 0 aromatic heterocycles. The van der Waals surface area contributed by atoms with Crippen molar-refractivity contribution in [3.8, 4) is 0 Å². The lowest BCUT2D eigenvalue weighted by Gasteiger charge is -2.12. The molecule has 0 atom stereocenters. The molecule has 0 aliphatic carbocycles. The van der Waals surface area contributed by atoms with Crippen LogP contribution in [-0.4, -0.2) is 5.91 Å². The second-order valence-electron chi connectivity index (χ2n) is 4.25. The predicted molar refractivity (Wildman–Crippen MR) is 90.0 cm³/mol. The maximum atomic E-state index is 12.0. The standard InChI is InChI=1S/C16H18Cl2N2O/c1-4-6-12(7-5-2)16(21)20-19-11(3)13-8-9-14(17)15(18)10-13/h4,6-10,19H,3,5H2,1-2H3,(H,20,21)/b6-4-,12-7+. The van der Waals surface area contributed by atoms with Crippen LogP contribution in [0.15, 0.2) is 48.6 Å². The normalized spacial score (nSPS) is 11.5. The van der Waals surface area contributed by atoms with Crippen molar-refractivity contribution >= 4 is 34.8 Å². The summed E-state index contributed by atoms with van der Waals surface area (Å²) in [4.78, 5) is 12.0. The highest BCUT2D eigenvalue weighted by molar-refractivity contribution is 6.42. The first-order valence-corrected chi connectivity index (χ1v) is 7.28. The Morgan fingerprint density at radius 1 is 1.29 bits per heavy atom. The van der Waals surface area contributed by atoms with Crippen LogP contribution < -0.4 is 10.9 Å². The van der Waals surface area contributed by atoms with Crippen molar-refractivity contribution in [2.75, 3.05) is 0 Å². The van der Waals surface area contributed by atoms with Crippen LogP contribution in [0.3, 0.4) is 0 Å². The lowest BCUT2D eigenvalue weighted by atomic mass is 10.2. The summed E-state index contributed by atoms with van der Waals surface area (Å²) in [6.45, 7) is 7.68. The molecule has 0 saturated heterocycles.